The lowest BCUT2D eigenvalue weighted by Gasteiger charge is -2.44. The van der Waals surface area contributed by atoms with E-state index in [-0.39, 0.29) is 0 Å². The van der Waals surface area contributed by atoms with Crippen LogP contribution in [-0.2, 0) is 0 Å². The van der Waals surface area contributed by atoms with E-state index in [9.17, 15) is 5.11 Å². The van der Waals surface area contributed by atoms with Gasteiger partial charge in [0, 0.05) is 25.5 Å². The molecule has 5 heteroatoms. The van der Waals surface area contributed by atoms with E-state index in [1.807, 2.05) is 11.0 Å². The Bertz CT molecular complexity index is 388. The van der Waals surface area contributed by atoms with Gasteiger partial charge in [0.2, 0.25) is 0 Å². The average Bonchev–Trinajstić information content (AvgIpc) is 2.14. The highest BCUT2D eigenvalue weighted by Gasteiger charge is 2.38. The molecule has 2 heterocycles. The van der Waals surface area contributed by atoms with Crippen molar-refractivity contribution < 1.29 is 5.11 Å². The summed E-state index contributed by atoms with van der Waals surface area (Å²) in [7, 11) is 0. The molecule has 1 aliphatic rings. The molecule has 14 heavy (non-hydrogen) atoms. The minimum atomic E-state index is -0.662. The number of hydrogen-bond donors (Lipinski definition) is 1. The van der Waals surface area contributed by atoms with Crippen LogP contribution in [0.1, 0.15) is 12.6 Å². The number of β-amino-alcohol motifs (C(OH)–C–C–N with tert-alkyl or cyclic N) is 1. The van der Waals surface area contributed by atoms with Gasteiger partial charge in [-0.15, -0.1) is 0 Å². The fourth-order valence-corrected chi connectivity index (χ4v) is 1.57. The van der Waals surface area contributed by atoms with E-state index in [1.165, 1.54) is 6.20 Å². The SMILES string of the molecule is CC1(O)CN(c2nccnc2C#N)C1. The van der Waals surface area contributed by atoms with Crippen molar-refractivity contribution in [3.8, 4) is 6.07 Å². The van der Waals surface area contributed by atoms with E-state index < -0.39 is 5.60 Å². The summed E-state index contributed by atoms with van der Waals surface area (Å²) in [5, 5.41) is 18.3. The fraction of sp³-hybridized carbons (Fsp3) is 0.444. The number of aliphatic hydroxyl groups is 1. The summed E-state index contributed by atoms with van der Waals surface area (Å²) in [6, 6.07) is 1.98. The Balaban J connectivity index is 2.23. The van der Waals surface area contributed by atoms with Gasteiger partial charge in [-0.2, -0.15) is 5.26 Å². The number of anilines is 1. The maximum absolute atomic E-state index is 9.54. The Morgan fingerprint density at radius 3 is 2.71 bits per heavy atom. The van der Waals surface area contributed by atoms with Gasteiger partial charge in [-0.25, -0.2) is 9.97 Å². The van der Waals surface area contributed by atoms with E-state index in [4.69, 9.17) is 5.26 Å². The molecule has 0 spiro atoms. The van der Waals surface area contributed by atoms with Crippen molar-refractivity contribution >= 4 is 5.82 Å². The largest absolute Gasteiger partial charge is 0.386 e. The van der Waals surface area contributed by atoms with E-state index in [0.717, 1.165) is 0 Å². The van der Waals surface area contributed by atoms with Crippen LogP contribution in [0.25, 0.3) is 0 Å². The van der Waals surface area contributed by atoms with Crippen molar-refractivity contribution in [2.75, 3.05) is 18.0 Å². The molecule has 0 aliphatic carbocycles. The van der Waals surface area contributed by atoms with Crippen LogP contribution in [0.5, 0.6) is 0 Å². The van der Waals surface area contributed by atoms with E-state index in [0.29, 0.717) is 24.6 Å². The monoisotopic (exact) mass is 190 g/mol. The zero-order chi connectivity index (χ0) is 10.2. The van der Waals surface area contributed by atoms with Crippen molar-refractivity contribution in [3.05, 3.63) is 18.1 Å². The summed E-state index contributed by atoms with van der Waals surface area (Å²) in [6.07, 6.45) is 3.03. The molecule has 1 fully saturated rings. The van der Waals surface area contributed by atoms with Gasteiger partial charge in [0.25, 0.3) is 0 Å². The average molecular weight is 190 g/mol. The number of nitriles is 1. The maximum atomic E-state index is 9.54. The molecule has 1 aromatic heterocycles. The summed E-state index contributed by atoms with van der Waals surface area (Å²) < 4.78 is 0. The third-order valence-electron chi connectivity index (χ3n) is 2.15. The van der Waals surface area contributed by atoms with Gasteiger partial charge in [0.05, 0.1) is 5.60 Å². The Morgan fingerprint density at radius 2 is 2.14 bits per heavy atom. The first-order chi connectivity index (χ1) is 6.62. The Labute approximate surface area is 81.6 Å². The smallest absolute Gasteiger partial charge is 0.183 e. The van der Waals surface area contributed by atoms with Crippen LogP contribution in [-0.4, -0.2) is 33.8 Å². The van der Waals surface area contributed by atoms with Crippen molar-refractivity contribution in [2.45, 2.75) is 12.5 Å². The Kier molecular flexibility index (Phi) is 1.86. The maximum Gasteiger partial charge on any atom is 0.183 e. The number of hydrogen-bond acceptors (Lipinski definition) is 5. The minimum Gasteiger partial charge on any atom is -0.386 e. The highest BCUT2D eigenvalue weighted by atomic mass is 16.3. The second-order valence-electron chi connectivity index (χ2n) is 3.69. The zero-order valence-electron chi connectivity index (χ0n) is 7.80. The van der Waals surface area contributed by atoms with Crippen LogP contribution in [0, 0.1) is 11.3 Å². The molecule has 1 N–H and O–H groups in total. The molecule has 0 saturated carbocycles. The van der Waals surface area contributed by atoms with Gasteiger partial charge < -0.3 is 10.0 Å². The third-order valence-corrected chi connectivity index (χ3v) is 2.15. The van der Waals surface area contributed by atoms with Crippen molar-refractivity contribution in [3.63, 3.8) is 0 Å². The minimum absolute atomic E-state index is 0.308. The molecule has 2 rings (SSSR count). The van der Waals surface area contributed by atoms with Crippen LogP contribution in [0.3, 0.4) is 0 Å². The van der Waals surface area contributed by atoms with Crippen molar-refractivity contribution in [2.24, 2.45) is 0 Å². The summed E-state index contributed by atoms with van der Waals surface area (Å²) in [4.78, 5) is 9.81. The molecule has 0 atom stereocenters. The van der Waals surface area contributed by atoms with E-state index in [2.05, 4.69) is 9.97 Å². The first-order valence-electron chi connectivity index (χ1n) is 4.31. The van der Waals surface area contributed by atoms with Crippen LogP contribution in [0.2, 0.25) is 0 Å². The molecular weight excluding hydrogens is 180 g/mol. The van der Waals surface area contributed by atoms with Gasteiger partial charge in [0.1, 0.15) is 6.07 Å². The summed E-state index contributed by atoms with van der Waals surface area (Å²) >= 11 is 0. The predicted molar refractivity (Wildman–Crippen MR) is 49.6 cm³/mol. The highest BCUT2D eigenvalue weighted by Crippen LogP contribution is 2.26. The lowest BCUT2D eigenvalue weighted by molar-refractivity contribution is 0.0304. The highest BCUT2D eigenvalue weighted by molar-refractivity contribution is 5.52. The van der Waals surface area contributed by atoms with Gasteiger partial charge in [-0.1, -0.05) is 0 Å². The van der Waals surface area contributed by atoms with Gasteiger partial charge >= 0.3 is 0 Å². The topological polar surface area (TPSA) is 73.0 Å². The summed E-state index contributed by atoms with van der Waals surface area (Å²) in [5.41, 5.74) is -0.354. The zero-order valence-corrected chi connectivity index (χ0v) is 7.80. The Hall–Kier alpha value is -1.67. The molecule has 0 radical (unpaired) electrons. The molecule has 1 saturated heterocycles. The number of nitrogens with zero attached hydrogens (tertiary/aromatic N) is 4. The molecule has 1 aromatic rings. The van der Waals surface area contributed by atoms with Gasteiger partial charge in [0.15, 0.2) is 11.5 Å². The van der Waals surface area contributed by atoms with E-state index >= 15 is 0 Å². The normalized spacial score (nSPS) is 18.5. The molecule has 0 aromatic carbocycles. The van der Waals surface area contributed by atoms with Crippen LogP contribution >= 0.6 is 0 Å². The van der Waals surface area contributed by atoms with E-state index in [1.54, 1.807) is 13.1 Å². The third kappa shape index (κ3) is 1.40. The number of rotatable bonds is 1. The van der Waals surface area contributed by atoms with Crippen LogP contribution in [0.4, 0.5) is 5.82 Å². The van der Waals surface area contributed by atoms with Crippen LogP contribution < -0.4 is 4.90 Å². The second-order valence-corrected chi connectivity index (χ2v) is 3.69. The van der Waals surface area contributed by atoms with Crippen molar-refractivity contribution in [1.29, 1.82) is 5.26 Å². The standard InChI is InChI=1S/C9H10N4O/c1-9(14)5-13(6-9)8-7(4-10)11-2-3-12-8/h2-3,14H,5-6H2,1H3. The molecule has 0 bridgehead atoms. The molecule has 5 nitrogen and oxygen atoms in total. The lowest BCUT2D eigenvalue weighted by Crippen LogP contribution is -2.60. The fourth-order valence-electron chi connectivity index (χ4n) is 1.57. The predicted octanol–water partition coefficient (Wildman–Crippen LogP) is -0.0807. The molecule has 0 unspecified atom stereocenters. The number of aromatic nitrogens is 2. The first-order valence-corrected chi connectivity index (χ1v) is 4.31. The molecule has 0 amide bonds. The second kappa shape index (κ2) is 2.93. The summed E-state index contributed by atoms with van der Waals surface area (Å²) in [5.74, 6) is 0.557. The summed E-state index contributed by atoms with van der Waals surface area (Å²) in [6.45, 7) is 2.76. The molecule has 1 aliphatic heterocycles. The quantitative estimate of drug-likeness (QED) is 0.670. The van der Waals surface area contributed by atoms with Crippen LogP contribution in [0.15, 0.2) is 12.4 Å². The molecule has 72 valence electrons. The van der Waals surface area contributed by atoms with Gasteiger partial charge in [-0.05, 0) is 6.92 Å². The van der Waals surface area contributed by atoms with Crippen molar-refractivity contribution in [1.82, 2.24) is 9.97 Å². The lowest BCUT2D eigenvalue weighted by atomic mass is 9.97. The van der Waals surface area contributed by atoms with Gasteiger partial charge in [-0.3, -0.25) is 0 Å². The molecular formula is C9H10N4O. The Morgan fingerprint density at radius 1 is 1.50 bits per heavy atom. The first kappa shape index (κ1) is 8.91.